The summed E-state index contributed by atoms with van der Waals surface area (Å²) < 4.78 is 9.87. The van der Waals surface area contributed by atoms with Crippen LogP contribution in [0, 0.1) is 0 Å². The van der Waals surface area contributed by atoms with Crippen molar-refractivity contribution in [3.63, 3.8) is 0 Å². The van der Waals surface area contributed by atoms with Crippen LogP contribution in [0.3, 0.4) is 0 Å². The molecule has 1 aromatic heterocycles. The van der Waals surface area contributed by atoms with Crippen LogP contribution in [0.4, 0.5) is 0 Å². The van der Waals surface area contributed by atoms with E-state index < -0.39 is 5.97 Å². The van der Waals surface area contributed by atoms with Gasteiger partial charge in [-0.05, 0) is 6.92 Å². The highest BCUT2D eigenvalue weighted by Crippen LogP contribution is 2.24. The summed E-state index contributed by atoms with van der Waals surface area (Å²) in [6.45, 7) is 7.99. The van der Waals surface area contributed by atoms with Gasteiger partial charge in [-0.25, -0.2) is 9.78 Å². The minimum Gasteiger partial charge on any atom is -0.460 e. The maximum atomic E-state index is 11.4. The van der Waals surface area contributed by atoms with Gasteiger partial charge in [-0.2, -0.15) is 0 Å². The molecule has 78 valence electrons. The van der Waals surface area contributed by atoms with E-state index in [1.807, 2.05) is 20.8 Å². The molecule has 1 heterocycles. The third-order valence-electron chi connectivity index (χ3n) is 1.74. The van der Waals surface area contributed by atoms with Gasteiger partial charge in [0.1, 0.15) is 0 Å². The van der Waals surface area contributed by atoms with E-state index in [0.717, 1.165) is 0 Å². The first kappa shape index (κ1) is 10.8. The molecule has 14 heavy (non-hydrogen) atoms. The molecule has 0 aromatic carbocycles. The molecule has 1 rings (SSSR count). The molecule has 0 spiro atoms. The van der Waals surface area contributed by atoms with E-state index in [9.17, 15) is 4.79 Å². The van der Waals surface area contributed by atoms with Crippen LogP contribution in [0.1, 0.15) is 43.9 Å². The van der Waals surface area contributed by atoms with Crippen LogP contribution in [0.15, 0.2) is 10.8 Å². The molecular weight excluding hydrogens is 182 g/mol. The Morgan fingerprint density at radius 3 is 2.71 bits per heavy atom. The minimum absolute atomic E-state index is 0.208. The van der Waals surface area contributed by atoms with Gasteiger partial charge in [-0.1, -0.05) is 20.8 Å². The second kappa shape index (κ2) is 3.82. The number of esters is 1. The van der Waals surface area contributed by atoms with E-state index in [-0.39, 0.29) is 11.2 Å². The largest absolute Gasteiger partial charge is 0.460 e. The fourth-order valence-corrected chi connectivity index (χ4v) is 1.12. The molecule has 0 radical (unpaired) electrons. The van der Waals surface area contributed by atoms with Gasteiger partial charge in [0.15, 0.2) is 6.39 Å². The quantitative estimate of drug-likeness (QED) is 0.681. The lowest BCUT2D eigenvalue weighted by Gasteiger charge is -2.15. The first-order chi connectivity index (χ1) is 6.46. The van der Waals surface area contributed by atoms with Gasteiger partial charge in [0.05, 0.1) is 12.3 Å². The maximum absolute atomic E-state index is 11.4. The van der Waals surface area contributed by atoms with Crippen molar-refractivity contribution in [2.45, 2.75) is 33.1 Å². The van der Waals surface area contributed by atoms with Gasteiger partial charge < -0.3 is 9.15 Å². The van der Waals surface area contributed by atoms with E-state index in [4.69, 9.17) is 9.15 Å². The molecule has 4 heteroatoms. The van der Waals surface area contributed by atoms with Crippen molar-refractivity contribution in [2.75, 3.05) is 6.61 Å². The number of ether oxygens (including phenoxy) is 1. The number of hydrogen-bond acceptors (Lipinski definition) is 4. The van der Waals surface area contributed by atoms with Gasteiger partial charge >= 0.3 is 5.97 Å². The third-order valence-corrected chi connectivity index (χ3v) is 1.74. The fourth-order valence-electron chi connectivity index (χ4n) is 1.12. The molecule has 4 nitrogen and oxygen atoms in total. The van der Waals surface area contributed by atoms with Crippen LogP contribution >= 0.6 is 0 Å². The minimum atomic E-state index is -0.449. The summed E-state index contributed by atoms with van der Waals surface area (Å²) in [7, 11) is 0. The second-order valence-electron chi connectivity index (χ2n) is 4.00. The number of carbonyl (C=O) groups excluding carboxylic acids is 1. The van der Waals surface area contributed by atoms with Gasteiger partial charge in [0, 0.05) is 5.41 Å². The lowest BCUT2D eigenvalue weighted by molar-refractivity contribution is 0.0486. The summed E-state index contributed by atoms with van der Waals surface area (Å²) in [5.41, 5.74) is 0.422. The highest BCUT2D eigenvalue weighted by atomic mass is 16.5. The first-order valence-electron chi connectivity index (χ1n) is 4.58. The first-order valence-corrected chi connectivity index (χ1v) is 4.58. The SMILES string of the molecule is CCOC(=O)c1ocnc1C(C)(C)C. The monoisotopic (exact) mass is 197 g/mol. The van der Waals surface area contributed by atoms with E-state index in [1.54, 1.807) is 6.92 Å². The van der Waals surface area contributed by atoms with Crippen LogP contribution in [0.25, 0.3) is 0 Å². The van der Waals surface area contributed by atoms with Crippen molar-refractivity contribution >= 4 is 5.97 Å². The number of hydrogen-bond donors (Lipinski definition) is 0. The average Bonchev–Trinajstić information content (AvgIpc) is 2.50. The Labute approximate surface area is 83.3 Å². The van der Waals surface area contributed by atoms with Crippen LogP contribution in [-0.4, -0.2) is 17.6 Å². The lowest BCUT2D eigenvalue weighted by atomic mass is 9.91. The summed E-state index contributed by atoms with van der Waals surface area (Å²) >= 11 is 0. The van der Waals surface area contributed by atoms with Crippen LogP contribution in [-0.2, 0) is 10.2 Å². The topological polar surface area (TPSA) is 52.3 Å². The Morgan fingerprint density at radius 2 is 2.21 bits per heavy atom. The molecule has 0 fully saturated rings. The number of oxazole rings is 1. The molecule has 1 aromatic rings. The molecule has 0 aliphatic rings. The Balaban J connectivity index is 2.99. The number of carbonyl (C=O) groups is 1. The van der Waals surface area contributed by atoms with Crippen LogP contribution < -0.4 is 0 Å². The molecule has 0 aliphatic carbocycles. The van der Waals surface area contributed by atoms with E-state index in [0.29, 0.717) is 12.3 Å². The average molecular weight is 197 g/mol. The molecular formula is C10H15NO3. The standard InChI is InChI=1S/C10H15NO3/c1-5-13-9(12)7-8(10(2,3)4)11-6-14-7/h6H,5H2,1-4H3. The zero-order valence-electron chi connectivity index (χ0n) is 8.96. The zero-order valence-corrected chi connectivity index (χ0v) is 8.96. The van der Waals surface area contributed by atoms with Crippen molar-refractivity contribution < 1.29 is 13.9 Å². The third kappa shape index (κ3) is 2.13. The van der Waals surface area contributed by atoms with Gasteiger partial charge in [-0.3, -0.25) is 0 Å². The molecule has 0 saturated heterocycles. The zero-order chi connectivity index (χ0) is 10.8. The Bertz CT molecular complexity index is 322. The molecule has 0 unspecified atom stereocenters. The van der Waals surface area contributed by atoms with Gasteiger partial charge in [0.2, 0.25) is 5.76 Å². The van der Waals surface area contributed by atoms with Crippen molar-refractivity contribution in [3.8, 4) is 0 Å². The van der Waals surface area contributed by atoms with E-state index in [2.05, 4.69) is 4.98 Å². The fraction of sp³-hybridized carbons (Fsp3) is 0.600. The van der Waals surface area contributed by atoms with Crippen molar-refractivity contribution in [2.24, 2.45) is 0 Å². The number of aromatic nitrogens is 1. The summed E-state index contributed by atoms with van der Waals surface area (Å²) in [5.74, 6) is -0.241. The second-order valence-corrected chi connectivity index (χ2v) is 4.00. The Kier molecular flexibility index (Phi) is 2.93. The van der Waals surface area contributed by atoms with Crippen LogP contribution in [0.2, 0.25) is 0 Å². The summed E-state index contributed by atoms with van der Waals surface area (Å²) in [6, 6.07) is 0. The molecule has 0 amide bonds. The number of rotatable bonds is 2. The highest BCUT2D eigenvalue weighted by Gasteiger charge is 2.27. The molecule has 0 N–H and O–H groups in total. The maximum Gasteiger partial charge on any atom is 0.376 e. The molecule has 0 atom stereocenters. The molecule has 0 aliphatic heterocycles. The Morgan fingerprint density at radius 1 is 1.57 bits per heavy atom. The summed E-state index contributed by atoms with van der Waals surface area (Å²) in [5, 5.41) is 0. The van der Waals surface area contributed by atoms with E-state index in [1.165, 1.54) is 6.39 Å². The summed E-state index contributed by atoms with van der Waals surface area (Å²) in [4.78, 5) is 15.4. The van der Waals surface area contributed by atoms with E-state index >= 15 is 0 Å². The smallest absolute Gasteiger partial charge is 0.376 e. The number of nitrogens with zero attached hydrogens (tertiary/aromatic N) is 1. The Hall–Kier alpha value is -1.32. The van der Waals surface area contributed by atoms with Gasteiger partial charge in [0.25, 0.3) is 0 Å². The molecule has 0 saturated carbocycles. The predicted octanol–water partition coefficient (Wildman–Crippen LogP) is 2.15. The van der Waals surface area contributed by atoms with Crippen molar-refractivity contribution in [1.82, 2.24) is 4.98 Å². The van der Waals surface area contributed by atoms with Gasteiger partial charge in [-0.15, -0.1) is 0 Å². The predicted molar refractivity (Wildman–Crippen MR) is 51.2 cm³/mol. The van der Waals surface area contributed by atoms with Crippen molar-refractivity contribution in [3.05, 3.63) is 17.8 Å². The highest BCUT2D eigenvalue weighted by molar-refractivity contribution is 5.87. The summed E-state index contributed by atoms with van der Waals surface area (Å²) in [6.07, 6.45) is 1.27. The molecule has 0 bridgehead atoms. The normalized spacial score (nSPS) is 11.4. The lowest BCUT2D eigenvalue weighted by Crippen LogP contribution is -2.17. The van der Waals surface area contributed by atoms with Crippen molar-refractivity contribution in [1.29, 1.82) is 0 Å². The van der Waals surface area contributed by atoms with Crippen LogP contribution in [0.5, 0.6) is 0 Å².